The van der Waals surface area contributed by atoms with Crippen molar-refractivity contribution in [1.29, 1.82) is 0 Å². The van der Waals surface area contributed by atoms with Gasteiger partial charge in [-0.1, -0.05) is 11.6 Å². The third-order valence-corrected chi connectivity index (χ3v) is 2.73. The minimum absolute atomic E-state index is 0.280. The Labute approximate surface area is 92.3 Å². The molecule has 0 radical (unpaired) electrons. The molecule has 0 fully saturated rings. The van der Waals surface area contributed by atoms with Crippen LogP contribution in [0.4, 0.5) is 4.39 Å². The second-order valence-corrected chi connectivity index (χ2v) is 3.97. The fourth-order valence-electron chi connectivity index (χ4n) is 1.06. The van der Waals surface area contributed by atoms with Crippen molar-refractivity contribution in [2.75, 3.05) is 0 Å². The van der Waals surface area contributed by atoms with E-state index in [0.29, 0.717) is 10.9 Å². The summed E-state index contributed by atoms with van der Waals surface area (Å²) in [5, 5.41) is 0.830. The molecule has 0 aliphatic heterocycles. The molecule has 66 valence electrons. The number of rotatable bonds is 0. The van der Waals surface area contributed by atoms with Gasteiger partial charge < -0.3 is 0 Å². The molecule has 1 aromatic carbocycles. The smallest absolute Gasteiger partial charge is 0.140 e. The summed E-state index contributed by atoms with van der Waals surface area (Å²) in [5.74, 6) is -0.325. The van der Waals surface area contributed by atoms with Gasteiger partial charge in [0, 0.05) is 8.96 Å². The number of hydrogen-bond acceptors (Lipinski definition) is 2. The van der Waals surface area contributed by atoms with E-state index in [1.165, 1.54) is 18.5 Å². The van der Waals surface area contributed by atoms with Gasteiger partial charge in [0.1, 0.15) is 17.3 Å². The number of benzene rings is 1. The molecule has 1 heterocycles. The van der Waals surface area contributed by atoms with E-state index in [4.69, 9.17) is 11.6 Å². The van der Waals surface area contributed by atoms with Crippen molar-refractivity contribution in [1.82, 2.24) is 9.97 Å². The van der Waals surface area contributed by atoms with E-state index in [-0.39, 0.29) is 11.0 Å². The van der Waals surface area contributed by atoms with Gasteiger partial charge in [-0.15, -0.1) is 0 Å². The summed E-state index contributed by atoms with van der Waals surface area (Å²) in [5.41, 5.74) is 0.682. The Bertz CT molecular complexity index is 475. The highest BCUT2D eigenvalue weighted by Crippen LogP contribution is 2.24. The predicted octanol–water partition coefficient (Wildman–Crippen LogP) is 3.03. The Morgan fingerprint density at radius 2 is 2.08 bits per heavy atom. The fraction of sp³-hybridized carbons (Fsp3) is 0. The number of aromatic nitrogens is 2. The lowest BCUT2D eigenvalue weighted by molar-refractivity contribution is 0.628. The molecule has 0 unspecified atom stereocenters. The molecule has 0 saturated heterocycles. The molecule has 0 atom stereocenters. The van der Waals surface area contributed by atoms with E-state index in [1.807, 2.05) is 22.6 Å². The predicted molar refractivity (Wildman–Crippen MR) is 57.2 cm³/mol. The molecule has 0 N–H and O–H groups in total. The van der Waals surface area contributed by atoms with E-state index in [0.717, 1.165) is 3.57 Å². The van der Waals surface area contributed by atoms with Gasteiger partial charge in [0.05, 0.1) is 5.52 Å². The second kappa shape index (κ2) is 3.34. The zero-order valence-electron chi connectivity index (χ0n) is 6.26. The summed E-state index contributed by atoms with van der Waals surface area (Å²) >= 11 is 7.79. The minimum Gasteiger partial charge on any atom is -0.235 e. The normalized spacial score (nSPS) is 10.7. The number of halogens is 3. The maximum absolute atomic E-state index is 13.0. The highest BCUT2D eigenvalue weighted by molar-refractivity contribution is 14.1. The summed E-state index contributed by atoms with van der Waals surface area (Å²) in [6, 6.07) is 2.74. The molecule has 0 amide bonds. The van der Waals surface area contributed by atoms with Crippen LogP contribution in [0.15, 0.2) is 18.5 Å². The van der Waals surface area contributed by atoms with Gasteiger partial charge in [0.25, 0.3) is 0 Å². The molecule has 2 rings (SSSR count). The zero-order valence-corrected chi connectivity index (χ0v) is 9.17. The first-order valence-corrected chi connectivity index (χ1v) is 4.89. The Kier molecular flexibility index (Phi) is 2.33. The van der Waals surface area contributed by atoms with Gasteiger partial charge in [-0.05, 0) is 34.7 Å². The van der Waals surface area contributed by atoms with Crippen LogP contribution in [0.5, 0.6) is 0 Å². The minimum atomic E-state index is -0.325. The fourth-order valence-corrected chi connectivity index (χ4v) is 1.98. The van der Waals surface area contributed by atoms with Crippen LogP contribution in [0.2, 0.25) is 5.15 Å². The first kappa shape index (κ1) is 9.08. The Morgan fingerprint density at radius 3 is 2.85 bits per heavy atom. The van der Waals surface area contributed by atoms with E-state index >= 15 is 0 Å². The van der Waals surface area contributed by atoms with Crippen LogP contribution in [0.3, 0.4) is 0 Å². The monoisotopic (exact) mass is 308 g/mol. The van der Waals surface area contributed by atoms with Gasteiger partial charge in [0.15, 0.2) is 0 Å². The molecule has 2 nitrogen and oxygen atoms in total. The molecular weight excluding hydrogens is 305 g/mol. The number of nitrogens with zero attached hydrogens (tertiary/aromatic N) is 2. The Balaban J connectivity index is 2.94. The van der Waals surface area contributed by atoms with Gasteiger partial charge in [-0.25, -0.2) is 14.4 Å². The van der Waals surface area contributed by atoms with Crippen molar-refractivity contribution >= 4 is 45.1 Å². The summed E-state index contributed by atoms with van der Waals surface area (Å²) in [6.45, 7) is 0. The second-order valence-electron chi connectivity index (χ2n) is 2.45. The molecule has 0 spiro atoms. The van der Waals surface area contributed by atoms with Crippen LogP contribution in [0.25, 0.3) is 10.9 Å². The van der Waals surface area contributed by atoms with Gasteiger partial charge in [-0.2, -0.15) is 0 Å². The lowest BCUT2D eigenvalue weighted by atomic mass is 10.2. The van der Waals surface area contributed by atoms with Gasteiger partial charge in [-0.3, -0.25) is 0 Å². The van der Waals surface area contributed by atoms with Crippen molar-refractivity contribution in [3.8, 4) is 0 Å². The van der Waals surface area contributed by atoms with Crippen LogP contribution in [-0.4, -0.2) is 9.97 Å². The lowest BCUT2D eigenvalue weighted by Crippen LogP contribution is -1.88. The molecule has 1 aromatic heterocycles. The van der Waals surface area contributed by atoms with E-state index in [2.05, 4.69) is 9.97 Å². The van der Waals surface area contributed by atoms with E-state index in [9.17, 15) is 4.39 Å². The van der Waals surface area contributed by atoms with Gasteiger partial charge in [0.2, 0.25) is 0 Å². The zero-order chi connectivity index (χ0) is 9.42. The van der Waals surface area contributed by atoms with Crippen molar-refractivity contribution < 1.29 is 4.39 Å². The van der Waals surface area contributed by atoms with Gasteiger partial charge >= 0.3 is 0 Å². The summed E-state index contributed by atoms with van der Waals surface area (Å²) in [6.07, 6.45) is 1.37. The highest BCUT2D eigenvalue weighted by atomic mass is 127. The average molecular weight is 308 g/mol. The summed E-state index contributed by atoms with van der Waals surface area (Å²) in [7, 11) is 0. The van der Waals surface area contributed by atoms with Crippen molar-refractivity contribution in [2.24, 2.45) is 0 Å². The van der Waals surface area contributed by atoms with Crippen molar-refractivity contribution in [3.63, 3.8) is 0 Å². The SMILES string of the molecule is Fc1cc(I)c2ncnc(Cl)c2c1. The first-order valence-electron chi connectivity index (χ1n) is 3.44. The van der Waals surface area contributed by atoms with Crippen molar-refractivity contribution in [3.05, 3.63) is 33.0 Å². The molecule has 0 bridgehead atoms. The molecule has 0 saturated carbocycles. The lowest BCUT2D eigenvalue weighted by Gasteiger charge is -2.00. The largest absolute Gasteiger partial charge is 0.235 e. The Hall–Kier alpha value is -0.490. The quantitative estimate of drug-likeness (QED) is 0.552. The number of fused-ring (bicyclic) bond motifs is 1. The number of hydrogen-bond donors (Lipinski definition) is 0. The Morgan fingerprint density at radius 1 is 1.31 bits per heavy atom. The summed E-state index contributed by atoms with van der Waals surface area (Å²) < 4.78 is 13.7. The van der Waals surface area contributed by atoms with Crippen LogP contribution >= 0.6 is 34.2 Å². The molecule has 0 aliphatic rings. The van der Waals surface area contributed by atoms with Crippen LogP contribution in [-0.2, 0) is 0 Å². The molecule has 0 aliphatic carbocycles. The van der Waals surface area contributed by atoms with E-state index in [1.54, 1.807) is 0 Å². The van der Waals surface area contributed by atoms with Crippen LogP contribution in [0, 0.1) is 9.39 Å². The first-order chi connectivity index (χ1) is 6.18. The topological polar surface area (TPSA) is 25.8 Å². The molecular formula is C8H3ClFIN2. The molecule has 2 aromatic rings. The van der Waals surface area contributed by atoms with Crippen LogP contribution in [0.1, 0.15) is 0 Å². The van der Waals surface area contributed by atoms with Crippen LogP contribution < -0.4 is 0 Å². The average Bonchev–Trinajstić information content (AvgIpc) is 2.07. The maximum atomic E-state index is 13.0. The van der Waals surface area contributed by atoms with E-state index < -0.39 is 0 Å². The molecule has 13 heavy (non-hydrogen) atoms. The van der Waals surface area contributed by atoms with Crippen molar-refractivity contribution in [2.45, 2.75) is 0 Å². The summed E-state index contributed by atoms with van der Waals surface area (Å²) in [4.78, 5) is 7.79. The maximum Gasteiger partial charge on any atom is 0.140 e. The third kappa shape index (κ3) is 1.60. The molecule has 5 heteroatoms. The standard InChI is InChI=1S/C8H3ClFIN2/c9-8-5-1-4(10)2-6(11)7(5)12-3-13-8/h1-3H. The third-order valence-electron chi connectivity index (χ3n) is 1.61. The highest BCUT2D eigenvalue weighted by Gasteiger charge is 2.06.